The summed E-state index contributed by atoms with van der Waals surface area (Å²) in [6, 6.07) is 0. The van der Waals surface area contributed by atoms with Gasteiger partial charge < -0.3 is 9.69 Å². The zero-order valence-electron chi connectivity index (χ0n) is 9.52. The second kappa shape index (κ2) is 2.99. The van der Waals surface area contributed by atoms with Gasteiger partial charge in [-0.05, 0) is 5.41 Å². The summed E-state index contributed by atoms with van der Waals surface area (Å²) in [5.74, 6) is 0. The van der Waals surface area contributed by atoms with Crippen LogP contribution in [0, 0.1) is 18.6 Å². The lowest BCUT2D eigenvalue weighted by atomic mass is 9.62. The first kappa shape index (κ1) is 11.1. The molecule has 1 rings (SSSR count). The Morgan fingerprint density at radius 3 is 1.43 bits per heavy atom. The van der Waals surface area contributed by atoms with Crippen molar-refractivity contribution in [3.63, 3.8) is 0 Å². The van der Waals surface area contributed by atoms with Gasteiger partial charge in [-0.25, -0.2) is 13.1 Å². The molecule has 2 nitrogen and oxygen atoms in total. The lowest BCUT2D eigenvalue weighted by Crippen LogP contribution is -2.45. The van der Waals surface area contributed by atoms with Crippen molar-refractivity contribution in [2.75, 3.05) is 0 Å². The lowest BCUT2D eigenvalue weighted by molar-refractivity contribution is 0.137. The molecule has 0 N–H and O–H groups in total. The van der Waals surface area contributed by atoms with E-state index in [1.54, 1.807) is 0 Å². The highest BCUT2D eigenvalue weighted by molar-refractivity contribution is 5.14. The molecular formula is C12H18N2. The lowest BCUT2D eigenvalue weighted by Gasteiger charge is -2.39. The highest BCUT2D eigenvalue weighted by atomic mass is 14.9. The zero-order valence-corrected chi connectivity index (χ0v) is 9.52. The Morgan fingerprint density at radius 1 is 0.786 bits per heavy atom. The fourth-order valence-electron chi connectivity index (χ4n) is 3.23. The topological polar surface area (TPSA) is 8.72 Å². The van der Waals surface area contributed by atoms with Crippen LogP contribution < -0.4 is 0 Å². The zero-order chi connectivity index (χ0) is 11.0. The maximum absolute atomic E-state index is 7.24. The van der Waals surface area contributed by atoms with Gasteiger partial charge in [-0.2, -0.15) is 0 Å². The van der Waals surface area contributed by atoms with Crippen molar-refractivity contribution in [1.82, 2.24) is 0 Å². The van der Waals surface area contributed by atoms with Gasteiger partial charge in [0.2, 0.25) is 11.1 Å². The van der Waals surface area contributed by atoms with Crippen LogP contribution >= 0.6 is 0 Å². The Bertz CT molecular complexity index is 288. The van der Waals surface area contributed by atoms with E-state index in [4.69, 9.17) is 13.1 Å². The summed E-state index contributed by atoms with van der Waals surface area (Å²) in [6.45, 7) is 22.8. The maximum Gasteiger partial charge on any atom is 0.238 e. The van der Waals surface area contributed by atoms with Crippen molar-refractivity contribution >= 4 is 0 Å². The minimum atomic E-state index is -0.332. The first-order valence-corrected chi connectivity index (χ1v) is 5.02. The predicted octanol–water partition coefficient (Wildman–Crippen LogP) is 3.55. The number of hydrogen-bond acceptors (Lipinski definition) is 0. The van der Waals surface area contributed by atoms with Crippen molar-refractivity contribution in [2.45, 2.75) is 58.0 Å². The van der Waals surface area contributed by atoms with E-state index in [0.717, 1.165) is 19.3 Å². The molecule has 2 heteroatoms. The van der Waals surface area contributed by atoms with E-state index < -0.39 is 0 Å². The SMILES string of the molecule is [C-]#[N+]C1(C)CC(C)(C)CC(C)([N+]#[C-])C1. The third-order valence-corrected chi connectivity index (χ3v) is 3.02. The maximum atomic E-state index is 7.24. The molecule has 0 aromatic rings. The molecule has 0 heterocycles. The van der Waals surface area contributed by atoms with Crippen LogP contribution in [-0.2, 0) is 0 Å². The quantitative estimate of drug-likeness (QED) is 0.516. The van der Waals surface area contributed by atoms with Gasteiger partial charge in [0.1, 0.15) is 6.42 Å². The monoisotopic (exact) mass is 190 g/mol. The number of hydrogen-bond donors (Lipinski definition) is 0. The molecule has 76 valence electrons. The van der Waals surface area contributed by atoms with E-state index in [9.17, 15) is 0 Å². The summed E-state index contributed by atoms with van der Waals surface area (Å²) < 4.78 is 0. The van der Waals surface area contributed by atoms with Crippen LogP contribution in [0.25, 0.3) is 9.69 Å². The van der Waals surface area contributed by atoms with Crippen molar-refractivity contribution in [3.05, 3.63) is 22.8 Å². The van der Waals surface area contributed by atoms with Gasteiger partial charge in [-0.1, -0.05) is 13.8 Å². The van der Waals surface area contributed by atoms with Gasteiger partial charge in [0.05, 0.1) is 0 Å². The van der Waals surface area contributed by atoms with Crippen molar-refractivity contribution in [3.8, 4) is 0 Å². The fraction of sp³-hybridized carbons (Fsp3) is 0.833. The molecule has 0 amide bonds. The number of nitrogens with zero attached hydrogens (tertiary/aromatic N) is 2. The molecule has 0 saturated heterocycles. The summed E-state index contributed by atoms with van der Waals surface area (Å²) in [6.07, 6.45) is 2.54. The normalized spacial score (nSPS) is 41.0. The van der Waals surface area contributed by atoms with Crippen LogP contribution in [0.15, 0.2) is 0 Å². The fourth-order valence-corrected chi connectivity index (χ4v) is 3.23. The molecule has 14 heavy (non-hydrogen) atoms. The number of rotatable bonds is 0. The summed E-state index contributed by atoms with van der Waals surface area (Å²) in [5, 5.41) is 0. The van der Waals surface area contributed by atoms with Crippen LogP contribution in [0.4, 0.5) is 0 Å². The standard InChI is InChI=1S/C12H18N2/c1-10(2)7-11(3,13-5)9-12(4,8-10)14-6/h7-9H2,1-4H3. The molecule has 0 aromatic heterocycles. The summed E-state index contributed by atoms with van der Waals surface area (Å²) >= 11 is 0. The molecule has 2 atom stereocenters. The molecule has 0 spiro atoms. The molecule has 1 saturated carbocycles. The van der Waals surface area contributed by atoms with Crippen LogP contribution in [0.5, 0.6) is 0 Å². The van der Waals surface area contributed by atoms with Crippen LogP contribution in [0.2, 0.25) is 0 Å². The molecular weight excluding hydrogens is 172 g/mol. The van der Waals surface area contributed by atoms with Gasteiger partial charge in [-0.3, -0.25) is 0 Å². The van der Waals surface area contributed by atoms with Crippen LogP contribution in [0.1, 0.15) is 47.0 Å². The molecule has 1 fully saturated rings. The summed E-state index contributed by atoms with van der Waals surface area (Å²) in [7, 11) is 0. The Morgan fingerprint density at radius 2 is 1.14 bits per heavy atom. The molecule has 0 aliphatic heterocycles. The van der Waals surface area contributed by atoms with E-state index >= 15 is 0 Å². The van der Waals surface area contributed by atoms with E-state index in [-0.39, 0.29) is 16.5 Å². The smallest absolute Gasteiger partial charge is 0.238 e. The molecule has 1 aliphatic rings. The Kier molecular flexibility index (Phi) is 2.36. The van der Waals surface area contributed by atoms with E-state index in [1.807, 2.05) is 13.8 Å². The van der Waals surface area contributed by atoms with Gasteiger partial charge in [0.15, 0.2) is 0 Å². The molecule has 0 radical (unpaired) electrons. The third-order valence-electron chi connectivity index (χ3n) is 3.02. The Hall–Kier alpha value is -1.02. The predicted molar refractivity (Wildman–Crippen MR) is 57.6 cm³/mol. The van der Waals surface area contributed by atoms with Crippen molar-refractivity contribution in [1.29, 1.82) is 0 Å². The minimum Gasteiger partial charge on any atom is -0.310 e. The van der Waals surface area contributed by atoms with Crippen LogP contribution in [0.3, 0.4) is 0 Å². The molecule has 1 aliphatic carbocycles. The summed E-state index contributed by atoms with van der Waals surface area (Å²) in [4.78, 5) is 7.45. The van der Waals surface area contributed by atoms with Gasteiger partial charge >= 0.3 is 0 Å². The Balaban J connectivity index is 3.03. The van der Waals surface area contributed by atoms with Gasteiger partial charge in [-0.15, -0.1) is 0 Å². The van der Waals surface area contributed by atoms with Crippen LogP contribution in [-0.4, -0.2) is 11.1 Å². The first-order chi connectivity index (χ1) is 6.24. The van der Waals surface area contributed by atoms with E-state index in [2.05, 4.69) is 23.5 Å². The largest absolute Gasteiger partial charge is 0.310 e. The highest BCUT2D eigenvalue weighted by Gasteiger charge is 2.55. The van der Waals surface area contributed by atoms with Gasteiger partial charge in [0, 0.05) is 26.7 Å². The summed E-state index contributed by atoms with van der Waals surface area (Å²) in [5.41, 5.74) is -0.543. The van der Waals surface area contributed by atoms with Crippen molar-refractivity contribution < 1.29 is 0 Å². The minimum absolute atomic E-state index is 0.122. The average molecular weight is 190 g/mol. The second-order valence-electron chi connectivity index (χ2n) is 5.91. The van der Waals surface area contributed by atoms with Crippen molar-refractivity contribution in [2.24, 2.45) is 5.41 Å². The molecule has 2 unspecified atom stereocenters. The third kappa shape index (κ3) is 2.07. The highest BCUT2D eigenvalue weighted by Crippen LogP contribution is 2.49. The molecule has 0 aromatic carbocycles. The average Bonchev–Trinajstić information content (AvgIpc) is 2.00. The van der Waals surface area contributed by atoms with E-state index in [1.165, 1.54) is 0 Å². The first-order valence-electron chi connectivity index (χ1n) is 5.02. The second-order valence-corrected chi connectivity index (χ2v) is 5.91. The Labute approximate surface area is 87.0 Å². The van der Waals surface area contributed by atoms with E-state index in [0.29, 0.717) is 0 Å². The van der Waals surface area contributed by atoms with Gasteiger partial charge in [0.25, 0.3) is 0 Å². The molecule has 0 bridgehead atoms.